The Labute approximate surface area is 173 Å². The fourth-order valence-electron chi connectivity index (χ4n) is 3.43. The average Bonchev–Trinajstić information content (AvgIpc) is 3.49. The van der Waals surface area contributed by atoms with Gasteiger partial charge in [-0.15, -0.1) is 0 Å². The fraction of sp³-hybridized carbons (Fsp3) is 0.217. The molecule has 0 bridgehead atoms. The lowest BCUT2D eigenvalue weighted by molar-refractivity contribution is -0.119. The molecular weight excluding hydrogens is 388 g/mol. The Kier molecular flexibility index (Phi) is 4.60. The van der Waals surface area contributed by atoms with Crippen LogP contribution in [0.1, 0.15) is 24.1 Å². The molecule has 2 aliphatic rings. The molecule has 1 aliphatic heterocycles. The van der Waals surface area contributed by atoms with Crippen molar-refractivity contribution in [3.8, 4) is 11.5 Å². The second kappa shape index (κ2) is 7.41. The van der Waals surface area contributed by atoms with Crippen molar-refractivity contribution >= 4 is 28.9 Å². The number of carbonyl (C=O) groups is 1. The standard InChI is InChI=1S/C23H19ClN2O3/c24-20-4-2-1-3-16(20)11-17-7-8-19(13-25-17)26(23(27)15-5-6-15)18-9-10-21-22(12-18)29-14-28-21/h1-4,7-10,12-13,15H,5-6,11,14H2. The number of fused-ring (bicyclic) bond motifs is 1. The van der Waals surface area contributed by atoms with Gasteiger partial charge in [0.25, 0.3) is 0 Å². The van der Waals surface area contributed by atoms with Crippen LogP contribution in [0.4, 0.5) is 11.4 Å². The number of aromatic nitrogens is 1. The SMILES string of the molecule is O=C(C1CC1)N(c1ccc(Cc2ccccc2Cl)nc1)c1ccc2c(c1)OCO2. The highest BCUT2D eigenvalue weighted by Crippen LogP contribution is 2.40. The van der Waals surface area contributed by atoms with E-state index in [0.717, 1.165) is 40.5 Å². The Morgan fingerprint density at radius 1 is 1.03 bits per heavy atom. The molecule has 6 heteroatoms. The number of nitrogens with zero attached hydrogens (tertiary/aromatic N) is 2. The molecule has 0 radical (unpaired) electrons. The monoisotopic (exact) mass is 406 g/mol. The van der Waals surface area contributed by atoms with Crippen LogP contribution in [0.2, 0.25) is 5.02 Å². The Balaban J connectivity index is 1.45. The molecule has 1 fully saturated rings. The molecule has 1 aromatic heterocycles. The molecule has 2 heterocycles. The topological polar surface area (TPSA) is 51.7 Å². The van der Waals surface area contributed by atoms with Gasteiger partial charge in [-0.1, -0.05) is 29.8 Å². The number of hydrogen-bond acceptors (Lipinski definition) is 4. The number of hydrogen-bond donors (Lipinski definition) is 0. The van der Waals surface area contributed by atoms with Crippen LogP contribution in [0.15, 0.2) is 60.8 Å². The molecule has 2 aromatic carbocycles. The minimum absolute atomic E-state index is 0.0724. The molecule has 5 nitrogen and oxygen atoms in total. The molecule has 0 N–H and O–H groups in total. The minimum atomic E-state index is 0.0724. The van der Waals surface area contributed by atoms with E-state index in [1.165, 1.54) is 0 Å². The van der Waals surface area contributed by atoms with Gasteiger partial charge in [-0.2, -0.15) is 0 Å². The Morgan fingerprint density at radius 2 is 1.83 bits per heavy atom. The summed E-state index contributed by atoms with van der Waals surface area (Å²) in [5.41, 5.74) is 3.41. The molecule has 3 aromatic rings. The first kappa shape index (κ1) is 18.0. The third kappa shape index (κ3) is 3.66. The van der Waals surface area contributed by atoms with Crippen LogP contribution in [0.3, 0.4) is 0 Å². The number of carbonyl (C=O) groups excluding carboxylic acids is 1. The smallest absolute Gasteiger partial charge is 0.234 e. The van der Waals surface area contributed by atoms with Gasteiger partial charge in [0, 0.05) is 29.1 Å². The summed E-state index contributed by atoms with van der Waals surface area (Å²) in [5, 5.41) is 0.726. The Hall–Kier alpha value is -3.05. The maximum atomic E-state index is 13.0. The first-order chi connectivity index (χ1) is 14.2. The van der Waals surface area contributed by atoms with E-state index in [-0.39, 0.29) is 18.6 Å². The van der Waals surface area contributed by atoms with Crippen LogP contribution in [0, 0.1) is 5.92 Å². The molecular formula is C23H19ClN2O3. The lowest BCUT2D eigenvalue weighted by atomic mass is 10.1. The summed E-state index contributed by atoms with van der Waals surface area (Å²) < 4.78 is 10.9. The number of amides is 1. The summed E-state index contributed by atoms with van der Waals surface area (Å²) in [7, 11) is 0. The van der Waals surface area contributed by atoms with Crippen molar-refractivity contribution in [1.29, 1.82) is 0 Å². The van der Waals surface area contributed by atoms with Crippen LogP contribution >= 0.6 is 11.6 Å². The first-order valence-corrected chi connectivity index (χ1v) is 9.99. The van der Waals surface area contributed by atoms with Gasteiger partial charge in [0.15, 0.2) is 11.5 Å². The van der Waals surface area contributed by atoms with Gasteiger partial charge in [0.05, 0.1) is 17.6 Å². The summed E-state index contributed by atoms with van der Waals surface area (Å²) in [6.45, 7) is 0.202. The van der Waals surface area contributed by atoms with E-state index in [9.17, 15) is 4.79 Å². The normalized spacial score (nSPS) is 14.7. The van der Waals surface area contributed by atoms with E-state index >= 15 is 0 Å². The predicted octanol–water partition coefficient (Wildman–Crippen LogP) is 5.13. The van der Waals surface area contributed by atoms with Crippen molar-refractivity contribution in [2.75, 3.05) is 11.7 Å². The van der Waals surface area contributed by atoms with E-state index in [0.29, 0.717) is 17.9 Å². The second-order valence-electron chi connectivity index (χ2n) is 7.26. The highest BCUT2D eigenvalue weighted by molar-refractivity contribution is 6.31. The fourth-order valence-corrected chi connectivity index (χ4v) is 3.63. The zero-order valence-electron chi connectivity index (χ0n) is 15.7. The van der Waals surface area contributed by atoms with Crippen molar-refractivity contribution in [3.05, 3.63) is 77.1 Å². The maximum Gasteiger partial charge on any atom is 0.234 e. The molecule has 5 rings (SSSR count). The minimum Gasteiger partial charge on any atom is -0.454 e. The molecule has 29 heavy (non-hydrogen) atoms. The van der Waals surface area contributed by atoms with Crippen molar-refractivity contribution < 1.29 is 14.3 Å². The first-order valence-electron chi connectivity index (χ1n) is 9.61. The number of rotatable bonds is 5. The van der Waals surface area contributed by atoms with Crippen LogP contribution in [-0.2, 0) is 11.2 Å². The number of benzene rings is 2. The molecule has 1 aliphatic carbocycles. The van der Waals surface area contributed by atoms with Crippen LogP contribution in [0.5, 0.6) is 11.5 Å². The third-order valence-corrected chi connectivity index (χ3v) is 5.53. The zero-order chi connectivity index (χ0) is 19.8. The van der Waals surface area contributed by atoms with E-state index in [2.05, 4.69) is 4.98 Å². The average molecular weight is 407 g/mol. The third-order valence-electron chi connectivity index (χ3n) is 5.16. The van der Waals surface area contributed by atoms with Gasteiger partial charge in [-0.3, -0.25) is 14.7 Å². The van der Waals surface area contributed by atoms with Gasteiger partial charge in [0.2, 0.25) is 12.7 Å². The Bertz CT molecular complexity index is 1060. The summed E-state index contributed by atoms with van der Waals surface area (Å²) in [4.78, 5) is 19.4. The predicted molar refractivity (Wildman–Crippen MR) is 111 cm³/mol. The lowest BCUT2D eigenvalue weighted by Crippen LogP contribution is -2.27. The highest BCUT2D eigenvalue weighted by atomic mass is 35.5. The quantitative estimate of drug-likeness (QED) is 0.589. The second-order valence-corrected chi connectivity index (χ2v) is 7.67. The van der Waals surface area contributed by atoms with E-state index in [1.807, 2.05) is 54.6 Å². The molecule has 0 atom stereocenters. The van der Waals surface area contributed by atoms with Crippen molar-refractivity contribution in [2.24, 2.45) is 5.92 Å². The molecule has 1 amide bonds. The van der Waals surface area contributed by atoms with Gasteiger partial charge < -0.3 is 9.47 Å². The van der Waals surface area contributed by atoms with Crippen LogP contribution in [-0.4, -0.2) is 17.7 Å². The lowest BCUT2D eigenvalue weighted by Gasteiger charge is -2.23. The molecule has 0 saturated heterocycles. The summed E-state index contributed by atoms with van der Waals surface area (Å²) in [5.74, 6) is 1.51. The number of ether oxygens (including phenoxy) is 2. The Morgan fingerprint density at radius 3 is 2.59 bits per heavy atom. The van der Waals surface area contributed by atoms with Crippen molar-refractivity contribution in [2.45, 2.75) is 19.3 Å². The molecule has 1 saturated carbocycles. The zero-order valence-corrected chi connectivity index (χ0v) is 16.4. The summed E-state index contributed by atoms with van der Waals surface area (Å²) in [6, 6.07) is 17.2. The molecule has 0 spiro atoms. The number of halogens is 1. The van der Waals surface area contributed by atoms with Crippen molar-refractivity contribution in [3.63, 3.8) is 0 Å². The van der Waals surface area contributed by atoms with Gasteiger partial charge in [-0.25, -0.2) is 0 Å². The van der Waals surface area contributed by atoms with Gasteiger partial charge >= 0.3 is 0 Å². The van der Waals surface area contributed by atoms with Crippen molar-refractivity contribution in [1.82, 2.24) is 4.98 Å². The summed E-state index contributed by atoms with van der Waals surface area (Å²) in [6.07, 6.45) is 4.24. The largest absolute Gasteiger partial charge is 0.454 e. The van der Waals surface area contributed by atoms with Crippen LogP contribution < -0.4 is 14.4 Å². The van der Waals surface area contributed by atoms with Gasteiger partial charge in [-0.05, 0) is 48.7 Å². The summed E-state index contributed by atoms with van der Waals surface area (Å²) >= 11 is 6.26. The maximum absolute atomic E-state index is 13.0. The van der Waals surface area contributed by atoms with Gasteiger partial charge in [0.1, 0.15) is 0 Å². The molecule has 146 valence electrons. The molecule has 0 unspecified atom stereocenters. The van der Waals surface area contributed by atoms with Crippen LogP contribution in [0.25, 0.3) is 0 Å². The van der Waals surface area contributed by atoms with E-state index in [1.54, 1.807) is 11.1 Å². The number of pyridine rings is 1. The van der Waals surface area contributed by atoms with E-state index in [4.69, 9.17) is 21.1 Å². The van der Waals surface area contributed by atoms with E-state index < -0.39 is 0 Å². The number of anilines is 2. The highest BCUT2D eigenvalue weighted by Gasteiger charge is 2.35.